The largest absolute Gasteiger partial charge is 0.466 e. The zero-order valence-corrected chi connectivity index (χ0v) is 18.8. The van der Waals surface area contributed by atoms with Crippen LogP contribution in [0, 0.1) is 5.82 Å². The molecule has 186 valence electrons. The molecule has 0 spiro atoms. The first kappa shape index (κ1) is 25.7. The molecule has 0 saturated carbocycles. The highest BCUT2D eigenvalue weighted by molar-refractivity contribution is 6.32. The number of nitrogens with zero attached hydrogens (tertiary/aromatic N) is 4. The van der Waals surface area contributed by atoms with Crippen LogP contribution in [0.1, 0.15) is 12.6 Å². The summed E-state index contributed by atoms with van der Waals surface area (Å²) in [6.45, 7) is 1.37. The maximum Gasteiger partial charge on any atom is 0.431 e. The van der Waals surface area contributed by atoms with Crippen molar-refractivity contribution in [2.45, 2.75) is 19.2 Å². The summed E-state index contributed by atoms with van der Waals surface area (Å²) in [5, 5.41) is -0.334. The highest BCUT2D eigenvalue weighted by Crippen LogP contribution is 2.36. The molecule has 0 saturated heterocycles. The molecule has 2 heterocycles. The number of methoxy groups -OCH3 is 1. The monoisotopic (exact) mass is 518 g/mol. The number of carbonyl (C=O) groups is 1. The van der Waals surface area contributed by atoms with Crippen molar-refractivity contribution >= 4 is 17.6 Å². The van der Waals surface area contributed by atoms with Crippen LogP contribution in [0.2, 0.25) is 5.02 Å². The van der Waals surface area contributed by atoms with Gasteiger partial charge in [-0.15, -0.1) is 0 Å². The first-order valence-electron chi connectivity index (χ1n) is 9.47. The Kier molecular flexibility index (Phi) is 7.14. The van der Waals surface area contributed by atoms with Gasteiger partial charge in [-0.3, -0.25) is 9.36 Å². The van der Waals surface area contributed by atoms with Crippen molar-refractivity contribution in [1.29, 1.82) is 0 Å². The average molecular weight is 519 g/mol. The lowest BCUT2D eigenvalue weighted by Crippen LogP contribution is -2.41. The van der Waals surface area contributed by atoms with Crippen LogP contribution in [0.25, 0.3) is 5.69 Å². The second kappa shape index (κ2) is 9.74. The summed E-state index contributed by atoms with van der Waals surface area (Å²) in [7, 11) is 1.92. The van der Waals surface area contributed by atoms with Gasteiger partial charge in [-0.05, 0) is 13.0 Å². The summed E-state index contributed by atoms with van der Waals surface area (Å²) in [5.74, 6) is -2.68. The summed E-state index contributed by atoms with van der Waals surface area (Å²) >= 11 is 6.03. The number of aromatic nitrogens is 4. The third-order valence-corrected chi connectivity index (χ3v) is 4.83. The first-order valence-corrected chi connectivity index (χ1v) is 9.85. The summed E-state index contributed by atoms with van der Waals surface area (Å²) in [4.78, 5) is 44.1. The van der Waals surface area contributed by atoms with E-state index in [0.717, 1.165) is 32.7 Å². The van der Waals surface area contributed by atoms with Gasteiger partial charge in [-0.25, -0.2) is 23.5 Å². The smallest absolute Gasteiger partial charge is 0.431 e. The fraction of sp³-hybridized carbons (Fsp3) is 0.250. The van der Waals surface area contributed by atoms with E-state index in [4.69, 9.17) is 21.1 Å². The Labute approximate surface area is 198 Å². The quantitative estimate of drug-likeness (QED) is 0.361. The van der Waals surface area contributed by atoms with Crippen molar-refractivity contribution in [3.05, 3.63) is 68.1 Å². The van der Waals surface area contributed by atoms with E-state index < -0.39 is 46.7 Å². The minimum absolute atomic E-state index is 0.154. The van der Waals surface area contributed by atoms with Crippen LogP contribution < -0.4 is 20.7 Å². The van der Waals surface area contributed by atoms with E-state index in [1.165, 1.54) is 6.92 Å². The zero-order valence-electron chi connectivity index (χ0n) is 18.1. The van der Waals surface area contributed by atoms with Gasteiger partial charge in [0.2, 0.25) is 5.75 Å². The lowest BCUT2D eigenvalue weighted by Gasteiger charge is -2.17. The number of benzene rings is 1. The van der Waals surface area contributed by atoms with Crippen LogP contribution in [0.15, 0.2) is 40.3 Å². The fourth-order valence-corrected chi connectivity index (χ4v) is 3.04. The number of hydrogen-bond donors (Lipinski definition) is 0. The van der Waals surface area contributed by atoms with Crippen LogP contribution in [0.4, 0.5) is 17.6 Å². The van der Waals surface area contributed by atoms with E-state index in [9.17, 15) is 31.9 Å². The molecule has 0 bridgehead atoms. The summed E-state index contributed by atoms with van der Waals surface area (Å²) in [6.07, 6.45) is -3.90. The van der Waals surface area contributed by atoms with Crippen LogP contribution >= 0.6 is 11.6 Å². The maximum atomic E-state index is 14.7. The molecule has 1 unspecified atom stereocenters. The van der Waals surface area contributed by atoms with Gasteiger partial charge in [0.15, 0.2) is 6.10 Å². The number of alkyl halides is 3. The summed E-state index contributed by atoms with van der Waals surface area (Å²) in [5.41, 5.74) is -5.15. The molecule has 0 amide bonds. The van der Waals surface area contributed by atoms with Crippen LogP contribution in [0.5, 0.6) is 17.4 Å². The highest BCUT2D eigenvalue weighted by atomic mass is 35.5. The number of ether oxygens (including phenoxy) is 3. The SMILES string of the molecule is COC(=O)C(C)Oc1ncncc1Oc1cc(-n2c(=O)cc(C(F)(F)F)n(C)c2=O)c(F)cc1Cl. The maximum absolute atomic E-state index is 14.7. The first-order chi connectivity index (χ1) is 16.3. The molecule has 3 rings (SSSR count). The fourth-order valence-electron chi connectivity index (χ4n) is 2.85. The third kappa shape index (κ3) is 5.26. The summed E-state index contributed by atoms with van der Waals surface area (Å²) < 4.78 is 69.8. The van der Waals surface area contributed by atoms with Gasteiger partial charge in [-0.2, -0.15) is 18.2 Å². The lowest BCUT2D eigenvalue weighted by atomic mass is 10.2. The van der Waals surface area contributed by atoms with E-state index in [0.29, 0.717) is 6.07 Å². The highest BCUT2D eigenvalue weighted by Gasteiger charge is 2.35. The zero-order chi connectivity index (χ0) is 26.1. The Morgan fingerprint density at radius 3 is 2.49 bits per heavy atom. The molecule has 1 atom stereocenters. The number of carbonyl (C=O) groups excluding carboxylic acids is 1. The van der Waals surface area contributed by atoms with Crippen molar-refractivity contribution in [3.8, 4) is 23.1 Å². The van der Waals surface area contributed by atoms with E-state index in [1.54, 1.807) is 0 Å². The molecule has 0 aliphatic heterocycles. The third-order valence-electron chi connectivity index (χ3n) is 4.54. The standard InChI is InChI=1S/C20H15ClF4N4O6/c1-9(18(31)33-3)34-17-14(7-26-8-27-17)35-13-5-12(11(22)4-10(13)21)29-16(30)6-15(20(23,24)25)28(2)19(29)32/h4-9H,1-3H3. The molecule has 0 N–H and O–H groups in total. The Balaban J connectivity index is 2.09. The van der Waals surface area contributed by atoms with Gasteiger partial charge in [0.25, 0.3) is 11.4 Å². The van der Waals surface area contributed by atoms with Crippen molar-refractivity contribution in [3.63, 3.8) is 0 Å². The molecule has 0 aliphatic rings. The Morgan fingerprint density at radius 1 is 1.17 bits per heavy atom. The molecule has 1 aromatic carbocycles. The predicted molar refractivity (Wildman–Crippen MR) is 111 cm³/mol. The van der Waals surface area contributed by atoms with Crippen LogP contribution in [-0.4, -0.2) is 38.3 Å². The molecular formula is C20H15ClF4N4O6. The molecule has 0 radical (unpaired) electrons. The number of halogens is 5. The van der Waals surface area contributed by atoms with E-state index >= 15 is 0 Å². The van der Waals surface area contributed by atoms with Gasteiger partial charge in [0.05, 0.1) is 24.0 Å². The van der Waals surface area contributed by atoms with Crippen LogP contribution in [0.3, 0.4) is 0 Å². The van der Waals surface area contributed by atoms with E-state index in [-0.39, 0.29) is 37.6 Å². The molecule has 2 aromatic heterocycles. The molecular weight excluding hydrogens is 504 g/mol. The van der Waals surface area contributed by atoms with Crippen LogP contribution in [-0.2, 0) is 22.8 Å². The molecule has 15 heteroatoms. The normalized spacial score (nSPS) is 12.2. The number of hydrogen-bond acceptors (Lipinski definition) is 8. The average Bonchev–Trinajstić information content (AvgIpc) is 2.78. The van der Waals surface area contributed by atoms with E-state index in [1.807, 2.05) is 0 Å². The molecule has 0 aliphatic carbocycles. The topological polar surface area (TPSA) is 115 Å². The van der Waals surface area contributed by atoms with Crippen molar-refractivity contribution < 1.29 is 36.6 Å². The second-order valence-corrected chi connectivity index (χ2v) is 7.26. The van der Waals surface area contributed by atoms with Crippen molar-refractivity contribution in [2.75, 3.05) is 7.11 Å². The molecule has 0 fully saturated rings. The van der Waals surface area contributed by atoms with Gasteiger partial charge in [0, 0.05) is 19.2 Å². The molecule has 10 nitrogen and oxygen atoms in total. The summed E-state index contributed by atoms with van der Waals surface area (Å²) in [6, 6.07) is 1.67. The number of rotatable bonds is 6. The predicted octanol–water partition coefficient (Wildman–Crippen LogP) is 2.87. The minimum Gasteiger partial charge on any atom is -0.466 e. The van der Waals surface area contributed by atoms with Gasteiger partial charge in [-0.1, -0.05) is 11.6 Å². The van der Waals surface area contributed by atoms with Gasteiger partial charge in [0.1, 0.15) is 23.6 Å². The lowest BCUT2D eigenvalue weighted by molar-refractivity contribution is -0.148. The number of esters is 1. The minimum atomic E-state index is -5.00. The van der Waals surface area contributed by atoms with E-state index in [2.05, 4.69) is 14.7 Å². The van der Waals surface area contributed by atoms with Gasteiger partial charge < -0.3 is 14.2 Å². The Bertz CT molecular complexity index is 1410. The van der Waals surface area contributed by atoms with Crippen molar-refractivity contribution in [2.24, 2.45) is 7.05 Å². The second-order valence-electron chi connectivity index (χ2n) is 6.85. The molecule has 3 aromatic rings. The Hall–Kier alpha value is -3.94. The molecule has 35 heavy (non-hydrogen) atoms. The van der Waals surface area contributed by atoms with Gasteiger partial charge >= 0.3 is 17.8 Å². The van der Waals surface area contributed by atoms with Crippen molar-refractivity contribution in [1.82, 2.24) is 19.1 Å². The Morgan fingerprint density at radius 2 is 1.86 bits per heavy atom.